The minimum absolute atomic E-state index is 0.0173. The largest absolute Gasteiger partial charge is 0.398 e. The van der Waals surface area contributed by atoms with Gasteiger partial charge in [-0.1, -0.05) is 0 Å². The van der Waals surface area contributed by atoms with Crippen molar-refractivity contribution in [2.45, 2.75) is 50.9 Å². The van der Waals surface area contributed by atoms with Crippen LogP contribution >= 0.6 is 0 Å². The van der Waals surface area contributed by atoms with E-state index in [1.54, 1.807) is 23.9 Å². The molecule has 0 aromatic carbocycles. The molecule has 5 heteroatoms. The van der Waals surface area contributed by atoms with Crippen LogP contribution in [0.25, 0.3) is 0 Å². The van der Waals surface area contributed by atoms with Crippen LogP contribution < -0.4 is 11.3 Å². The molecule has 2 rings (SSSR count). The Balaban J connectivity index is 1.71. The molecule has 0 radical (unpaired) electrons. The Morgan fingerprint density at radius 1 is 1.35 bits per heavy atom. The lowest BCUT2D eigenvalue weighted by molar-refractivity contribution is -0.0306. The van der Waals surface area contributed by atoms with Crippen molar-refractivity contribution in [2.24, 2.45) is 0 Å². The van der Waals surface area contributed by atoms with Gasteiger partial charge in [0.1, 0.15) is 0 Å². The number of ether oxygens (including phenoxy) is 2. The zero-order valence-corrected chi connectivity index (χ0v) is 12.1. The summed E-state index contributed by atoms with van der Waals surface area (Å²) in [7, 11) is 1.76. The first-order valence-corrected chi connectivity index (χ1v) is 7.29. The summed E-state index contributed by atoms with van der Waals surface area (Å²) in [6.45, 7) is 1.31. The van der Waals surface area contributed by atoms with E-state index in [4.69, 9.17) is 15.2 Å². The highest BCUT2D eigenvalue weighted by atomic mass is 16.5. The lowest BCUT2D eigenvalue weighted by atomic mass is 9.95. The summed E-state index contributed by atoms with van der Waals surface area (Å²) in [6, 6.07) is 3.13. The molecule has 0 saturated heterocycles. The van der Waals surface area contributed by atoms with Crippen LogP contribution in [0.15, 0.2) is 23.1 Å². The number of rotatable bonds is 6. The van der Waals surface area contributed by atoms with Crippen molar-refractivity contribution in [1.29, 1.82) is 0 Å². The summed E-state index contributed by atoms with van der Waals surface area (Å²) in [5.74, 6) is 0. The van der Waals surface area contributed by atoms with E-state index in [1.807, 2.05) is 0 Å². The number of nitrogens with two attached hydrogens (primary N) is 1. The van der Waals surface area contributed by atoms with Crippen molar-refractivity contribution in [3.63, 3.8) is 0 Å². The molecular weight excluding hydrogens is 256 g/mol. The highest BCUT2D eigenvalue weighted by Gasteiger charge is 2.21. The Morgan fingerprint density at radius 2 is 2.15 bits per heavy atom. The van der Waals surface area contributed by atoms with Crippen LogP contribution in [0.4, 0.5) is 5.69 Å². The summed E-state index contributed by atoms with van der Waals surface area (Å²) in [4.78, 5) is 11.6. The van der Waals surface area contributed by atoms with Crippen LogP contribution in [-0.2, 0) is 16.0 Å². The van der Waals surface area contributed by atoms with Crippen LogP contribution in [0.1, 0.15) is 32.1 Å². The molecule has 2 atom stereocenters. The third-order valence-electron chi connectivity index (χ3n) is 3.81. The zero-order chi connectivity index (χ0) is 14.4. The number of hydrogen-bond donors (Lipinski definition) is 1. The minimum atomic E-state index is -0.0173. The monoisotopic (exact) mass is 280 g/mol. The van der Waals surface area contributed by atoms with E-state index in [0.717, 1.165) is 32.1 Å². The van der Waals surface area contributed by atoms with Gasteiger partial charge in [0.15, 0.2) is 0 Å². The summed E-state index contributed by atoms with van der Waals surface area (Å²) >= 11 is 0. The standard InChI is InChI=1S/C15H24N2O3/c1-19-13-4-2-5-14(10-13)20-9-3-8-17-11-12(16)6-7-15(17)18/h6-7,11,13-14H,2-5,8-10,16H2,1H3. The van der Waals surface area contributed by atoms with Gasteiger partial charge in [0.05, 0.1) is 12.2 Å². The first-order valence-electron chi connectivity index (χ1n) is 7.29. The van der Waals surface area contributed by atoms with Gasteiger partial charge in [-0.15, -0.1) is 0 Å². The molecule has 20 heavy (non-hydrogen) atoms. The van der Waals surface area contributed by atoms with Crippen LogP contribution in [0.2, 0.25) is 0 Å². The van der Waals surface area contributed by atoms with E-state index < -0.39 is 0 Å². The average Bonchev–Trinajstić information content (AvgIpc) is 2.47. The lowest BCUT2D eigenvalue weighted by Gasteiger charge is -2.28. The molecule has 2 N–H and O–H groups in total. The van der Waals surface area contributed by atoms with E-state index in [2.05, 4.69) is 0 Å². The second-order valence-electron chi connectivity index (χ2n) is 5.36. The van der Waals surface area contributed by atoms with Gasteiger partial charge >= 0.3 is 0 Å². The van der Waals surface area contributed by atoms with Crippen LogP contribution in [-0.4, -0.2) is 30.5 Å². The molecule has 0 spiro atoms. The van der Waals surface area contributed by atoms with Gasteiger partial charge in [-0.25, -0.2) is 0 Å². The smallest absolute Gasteiger partial charge is 0.250 e. The van der Waals surface area contributed by atoms with E-state index >= 15 is 0 Å². The summed E-state index contributed by atoms with van der Waals surface area (Å²) in [6.07, 6.45) is 7.53. The number of aromatic nitrogens is 1. The first-order chi connectivity index (χ1) is 9.69. The lowest BCUT2D eigenvalue weighted by Crippen LogP contribution is -2.28. The fraction of sp³-hybridized carbons (Fsp3) is 0.667. The molecule has 0 aliphatic heterocycles. The zero-order valence-electron chi connectivity index (χ0n) is 12.1. The Labute approximate surface area is 119 Å². The van der Waals surface area contributed by atoms with E-state index in [0.29, 0.717) is 31.0 Å². The SMILES string of the molecule is COC1CCCC(OCCCn2cc(N)ccc2=O)C1. The number of pyridine rings is 1. The number of hydrogen-bond acceptors (Lipinski definition) is 4. The average molecular weight is 280 g/mol. The third-order valence-corrected chi connectivity index (χ3v) is 3.81. The third kappa shape index (κ3) is 4.35. The highest BCUT2D eigenvalue weighted by Crippen LogP contribution is 2.23. The van der Waals surface area contributed by atoms with Gasteiger partial charge in [-0.3, -0.25) is 4.79 Å². The fourth-order valence-corrected chi connectivity index (χ4v) is 2.68. The van der Waals surface area contributed by atoms with Gasteiger partial charge in [0.25, 0.3) is 5.56 Å². The molecule has 1 aromatic heterocycles. The minimum Gasteiger partial charge on any atom is -0.398 e. The van der Waals surface area contributed by atoms with E-state index in [-0.39, 0.29) is 5.56 Å². The van der Waals surface area contributed by atoms with Crippen molar-refractivity contribution in [1.82, 2.24) is 4.57 Å². The first kappa shape index (κ1) is 15.1. The number of methoxy groups -OCH3 is 1. The summed E-state index contributed by atoms with van der Waals surface area (Å²) in [5.41, 5.74) is 6.27. The van der Waals surface area contributed by atoms with Gasteiger partial charge in [0, 0.05) is 38.2 Å². The molecule has 5 nitrogen and oxygen atoms in total. The topological polar surface area (TPSA) is 66.5 Å². The molecule has 1 aliphatic carbocycles. The predicted molar refractivity (Wildman–Crippen MR) is 78.7 cm³/mol. The molecule has 2 unspecified atom stereocenters. The molecule has 0 bridgehead atoms. The molecule has 112 valence electrons. The normalized spacial score (nSPS) is 22.9. The maximum absolute atomic E-state index is 11.6. The summed E-state index contributed by atoms with van der Waals surface area (Å²) < 4.78 is 12.9. The van der Waals surface area contributed by atoms with Crippen LogP contribution in [0, 0.1) is 0 Å². The molecule has 1 saturated carbocycles. The Bertz CT molecular complexity index is 472. The number of anilines is 1. The maximum Gasteiger partial charge on any atom is 0.250 e. The van der Waals surface area contributed by atoms with Crippen molar-refractivity contribution >= 4 is 5.69 Å². The number of nitrogens with zero attached hydrogens (tertiary/aromatic N) is 1. The summed E-state index contributed by atoms with van der Waals surface area (Å²) in [5, 5.41) is 0. The molecular formula is C15H24N2O3. The maximum atomic E-state index is 11.6. The van der Waals surface area contributed by atoms with Crippen LogP contribution in [0.3, 0.4) is 0 Å². The van der Waals surface area contributed by atoms with Gasteiger partial charge in [0.2, 0.25) is 0 Å². The van der Waals surface area contributed by atoms with Gasteiger partial charge < -0.3 is 19.8 Å². The van der Waals surface area contributed by atoms with E-state index in [9.17, 15) is 4.79 Å². The second-order valence-corrected chi connectivity index (χ2v) is 5.36. The number of nitrogen functional groups attached to an aromatic ring is 1. The Kier molecular flexibility index (Phi) is 5.61. The van der Waals surface area contributed by atoms with E-state index in [1.165, 1.54) is 6.07 Å². The Morgan fingerprint density at radius 3 is 2.95 bits per heavy atom. The van der Waals surface area contributed by atoms with Gasteiger partial charge in [-0.05, 0) is 38.2 Å². The molecule has 1 heterocycles. The van der Waals surface area contributed by atoms with Crippen molar-refractivity contribution in [3.05, 3.63) is 28.7 Å². The highest BCUT2D eigenvalue weighted by molar-refractivity contribution is 5.33. The van der Waals surface area contributed by atoms with Crippen molar-refractivity contribution in [2.75, 3.05) is 19.5 Å². The van der Waals surface area contributed by atoms with Crippen LogP contribution in [0.5, 0.6) is 0 Å². The van der Waals surface area contributed by atoms with Crippen molar-refractivity contribution in [3.8, 4) is 0 Å². The predicted octanol–water partition coefficient (Wildman–Crippen LogP) is 1.79. The molecule has 1 aromatic rings. The van der Waals surface area contributed by atoms with Gasteiger partial charge in [-0.2, -0.15) is 0 Å². The Hall–Kier alpha value is -1.33. The molecule has 0 amide bonds. The fourth-order valence-electron chi connectivity index (χ4n) is 2.68. The molecule has 1 aliphatic rings. The quantitative estimate of drug-likeness (QED) is 0.807. The van der Waals surface area contributed by atoms with Crippen molar-refractivity contribution < 1.29 is 9.47 Å². The molecule has 1 fully saturated rings. The number of aryl methyl sites for hydroxylation is 1. The second kappa shape index (κ2) is 7.45.